The molecular formula is C20H23ClN2. The molecule has 0 saturated carbocycles. The van der Waals surface area contributed by atoms with Crippen molar-refractivity contribution < 1.29 is 0 Å². The Kier molecular flexibility index (Phi) is 3.97. The fourth-order valence-electron chi connectivity index (χ4n) is 2.89. The number of imidazole rings is 1. The van der Waals surface area contributed by atoms with E-state index in [9.17, 15) is 0 Å². The fraction of sp³-hybridized carbons (Fsp3) is 0.350. The van der Waals surface area contributed by atoms with Crippen molar-refractivity contribution in [3.63, 3.8) is 0 Å². The molecule has 1 atom stereocenters. The Bertz CT molecular complexity index is 836. The van der Waals surface area contributed by atoms with Gasteiger partial charge >= 0.3 is 0 Å². The summed E-state index contributed by atoms with van der Waals surface area (Å²) in [5.41, 5.74) is 6.75. The molecular weight excluding hydrogens is 304 g/mol. The molecule has 3 heteroatoms. The lowest BCUT2D eigenvalue weighted by Crippen LogP contribution is -2.10. The lowest BCUT2D eigenvalue weighted by atomic mass is 9.86. The van der Waals surface area contributed by atoms with Crippen LogP contribution in [0.15, 0.2) is 42.6 Å². The number of aromatic nitrogens is 2. The van der Waals surface area contributed by atoms with E-state index in [4.69, 9.17) is 16.6 Å². The van der Waals surface area contributed by atoms with Crippen LogP contribution >= 0.6 is 11.6 Å². The van der Waals surface area contributed by atoms with Crippen molar-refractivity contribution in [1.29, 1.82) is 0 Å². The average Bonchev–Trinajstić information content (AvgIpc) is 2.85. The molecule has 1 unspecified atom stereocenters. The smallest absolute Gasteiger partial charge is 0.137 e. The van der Waals surface area contributed by atoms with Gasteiger partial charge in [-0.1, -0.05) is 45.0 Å². The molecule has 0 amide bonds. The molecule has 2 aromatic heterocycles. The first kappa shape index (κ1) is 16.1. The van der Waals surface area contributed by atoms with Crippen molar-refractivity contribution >= 4 is 17.2 Å². The first-order valence-electron chi connectivity index (χ1n) is 8.01. The SMILES string of the molecule is Cc1ccn2c(C(C)Cl)c(-c3ccc(C(C)(C)C)cc3)nc2c1. The number of halogens is 1. The molecule has 0 aliphatic heterocycles. The molecule has 0 radical (unpaired) electrons. The predicted molar refractivity (Wildman–Crippen MR) is 98.3 cm³/mol. The Morgan fingerprint density at radius 1 is 1.09 bits per heavy atom. The summed E-state index contributed by atoms with van der Waals surface area (Å²) in [4.78, 5) is 4.84. The molecule has 0 aliphatic carbocycles. The maximum Gasteiger partial charge on any atom is 0.137 e. The molecule has 0 fully saturated rings. The minimum absolute atomic E-state index is 0.106. The molecule has 2 heterocycles. The van der Waals surface area contributed by atoms with Gasteiger partial charge in [0.2, 0.25) is 0 Å². The topological polar surface area (TPSA) is 17.3 Å². The summed E-state index contributed by atoms with van der Waals surface area (Å²) in [5.74, 6) is 0. The van der Waals surface area contributed by atoms with Crippen LogP contribution < -0.4 is 0 Å². The third-order valence-electron chi connectivity index (χ3n) is 4.22. The van der Waals surface area contributed by atoms with E-state index in [1.54, 1.807) is 0 Å². The van der Waals surface area contributed by atoms with E-state index in [-0.39, 0.29) is 10.8 Å². The zero-order chi connectivity index (χ0) is 16.8. The van der Waals surface area contributed by atoms with Crippen LogP contribution in [0.2, 0.25) is 0 Å². The molecule has 23 heavy (non-hydrogen) atoms. The number of benzene rings is 1. The van der Waals surface area contributed by atoms with Gasteiger partial charge in [-0.05, 0) is 42.5 Å². The van der Waals surface area contributed by atoms with Gasteiger partial charge in [0.05, 0.1) is 16.8 Å². The van der Waals surface area contributed by atoms with E-state index in [0.717, 1.165) is 22.6 Å². The van der Waals surface area contributed by atoms with Crippen molar-refractivity contribution in [2.75, 3.05) is 0 Å². The summed E-state index contributed by atoms with van der Waals surface area (Å²) in [5, 5.41) is -0.106. The van der Waals surface area contributed by atoms with Crippen LogP contribution in [0.3, 0.4) is 0 Å². The zero-order valence-corrected chi connectivity index (χ0v) is 15.1. The summed E-state index contributed by atoms with van der Waals surface area (Å²) in [7, 11) is 0. The van der Waals surface area contributed by atoms with Crippen molar-refractivity contribution in [2.24, 2.45) is 0 Å². The highest BCUT2D eigenvalue weighted by Crippen LogP contribution is 2.33. The van der Waals surface area contributed by atoms with Gasteiger partial charge in [0.1, 0.15) is 5.65 Å². The van der Waals surface area contributed by atoms with E-state index < -0.39 is 0 Å². The summed E-state index contributed by atoms with van der Waals surface area (Å²) in [6.45, 7) is 10.8. The van der Waals surface area contributed by atoms with Gasteiger partial charge in [-0.3, -0.25) is 0 Å². The number of hydrogen-bond acceptors (Lipinski definition) is 1. The monoisotopic (exact) mass is 326 g/mol. The highest BCUT2D eigenvalue weighted by molar-refractivity contribution is 6.20. The maximum atomic E-state index is 6.46. The first-order chi connectivity index (χ1) is 10.8. The van der Waals surface area contributed by atoms with Crippen LogP contribution in [-0.2, 0) is 5.41 Å². The molecule has 3 aromatic rings. The van der Waals surface area contributed by atoms with E-state index in [1.807, 2.05) is 6.92 Å². The van der Waals surface area contributed by atoms with Gasteiger partial charge in [0.15, 0.2) is 0 Å². The summed E-state index contributed by atoms with van der Waals surface area (Å²) in [6, 6.07) is 12.9. The molecule has 0 N–H and O–H groups in total. The Balaban J connectivity index is 2.17. The van der Waals surface area contributed by atoms with Gasteiger partial charge < -0.3 is 4.40 Å². The van der Waals surface area contributed by atoms with Crippen LogP contribution in [0.4, 0.5) is 0 Å². The van der Waals surface area contributed by atoms with Crippen LogP contribution in [0.25, 0.3) is 16.9 Å². The van der Waals surface area contributed by atoms with E-state index >= 15 is 0 Å². The van der Waals surface area contributed by atoms with E-state index in [1.165, 1.54) is 11.1 Å². The molecule has 120 valence electrons. The number of nitrogens with zero attached hydrogens (tertiary/aromatic N) is 2. The second kappa shape index (κ2) is 5.68. The van der Waals surface area contributed by atoms with Crippen molar-refractivity contribution in [1.82, 2.24) is 9.38 Å². The second-order valence-corrected chi connectivity index (χ2v) is 7.88. The minimum Gasteiger partial charge on any atom is -0.302 e. The summed E-state index contributed by atoms with van der Waals surface area (Å²) < 4.78 is 2.09. The lowest BCUT2D eigenvalue weighted by molar-refractivity contribution is 0.590. The van der Waals surface area contributed by atoms with Crippen LogP contribution in [-0.4, -0.2) is 9.38 Å². The third kappa shape index (κ3) is 3.00. The quantitative estimate of drug-likeness (QED) is 0.535. The zero-order valence-electron chi connectivity index (χ0n) is 14.4. The largest absolute Gasteiger partial charge is 0.302 e. The predicted octanol–water partition coefficient (Wildman–Crippen LogP) is 5.91. The highest BCUT2D eigenvalue weighted by atomic mass is 35.5. The molecule has 0 aliphatic rings. The van der Waals surface area contributed by atoms with E-state index in [2.05, 4.69) is 74.7 Å². The number of pyridine rings is 1. The van der Waals surface area contributed by atoms with Gasteiger partial charge in [-0.15, -0.1) is 11.6 Å². The molecule has 2 nitrogen and oxygen atoms in total. The number of alkyl halides is 1. The fourth-order valence-corrected chi connectivity index (χ4v) is 3.09. The number of rotatable bonds is 2. The Morgan fingerprint density at radius 2 is 1.74 bits per heavy atom. The molecule has 0 bridgehead atoms. The highest BCUT2D eigenvalue weighted by Gasteiger charge is 2.19. The number of fused-ring (bicyclic) bond motifs is 1. The number of hydrogen-bond donors (Lipinski definition) is 0. The number of aryl methyl sites for hydroxylation is 1. The standard InChI is InChI=1S/C20H23ClN2/c1-13-10-11-23-17(12-13)22-18(19(23)14(2)21)15-6-8-16(9-7-15)20(3,4)5/h6-12,14H,1-5H3. The van der Waals surface area contributed by atoms with Gasteiger partial charge in [-0.25, -0.2) is 4.98 Å². The second-order valence-electron chi connectivity index (χ2n) is 7.22. The molecule has 0 saturated heterocycles. The van der Waals surface area contributed by atoms with Crippen molar-refractivity contribution in [3.05, 3.63) is 59.4 Å². The van der Waals surface area contributed by atoms with Gasteiger partial charge in [-0.2, -0.15) is 0 Å². The third-order valence-corrected chi connectivity index (χ3v) is 4.43. The Morgan fingerprint density at radius 3 is 2.30 bits per heavy atom. The van der Waals surface area contributed by atoms with E-state index in [0.29, 0.717) is 0 Å². The molecule has 3 rings (SSSR count). The van der Waals surface area contributed by atoms with Gasteiger partial charge in [0, 0.05) is 11.8 Å². The van der Waals surface area contributed by atoms with Crippen LogP contribution in [0.1, 0.15) is 49.9 Å². The minimum atomic E-state index is -0.106. The lowest BCUT2D eigenvalue weighted by Gasteiger charge is -2.19. The summed E-state index contributed by atoms with van der Waals surface area (Å²) in [6.07, 6.45) is 2.05. The van der Waals surface area contributed by atoms with Crippen molar-refractivity contribution in [3.8, 4) is 11.3 Å². The normalized spacial score (nSPS) is 13.5. The average molecular weight is 327 g/mol. The van der Waals surface area contributed by atoms with Crippen LogP contribution in [0, 0.1) is 6.92 Å². The van der Waals surface area contributed by atoms with Crippen molar-refractivity contribution in [2.45, 2.75) is 45.4 Å². The van der Waals surface area contributed by atoms with Gasteiger partial charge in [0.25, 0.3) is 0 Å². The Hall–Kier alpha value is -1.80. The molecule has 0 spiro atoms. The summed E-state index contributed by atoms with van der Waals surface area (Å²) >= 11 is 6.46. The molecule has 1 aromatic carbocycles. The Labute approximate surface area is 143 Å². The van der Waals surface area contributed by atoms with Crippen LogP contribution in [0.5, 0.6) is 0 Å². The first-order valence-corrected chi connectivity index (χ1v) is 8.44. The maximum absolute atomic E-state index is 6.46.